The van der Waals surface area contributed by atoms with E-state index in [2.05, 4.69) is 40.4 Å². The van der Waals surface area contributed by atoms with Crippen molar-refractivity contribution < 1.29 is 9.59 Å². The van der Waals surface area contributed by atoms with Crippen molar-refractivity contribution in [2.45, 2.75) is 26.3 Å². The highest BCUT2D eigenvalue weighted by atomic mass is 16.2. The number of benzene rings is 1. The third-order valence-corrected chi connectivity index (χ3v) is 4.18. The van der Waals surface area contributed by atoms with Crippen molar-refractivity contribution in [3.8, 4) is 0 Å². The molecule has 6 nitrogen and oxygen atoms in total. The number of aryl methyl sites for hydroxylation is 1. The van der Waals surface area contributed by atoms with Gasteiger partial charge in [-0.15, -0.1) is 0 Å². The van der Waals surface area contributed by atoms with Crippen LogP contribution in [-0.2, 0) is 6.42 Å². The van der Waals surface area contributed by atoms with E-state index in [4.69, 9.17) is 5.73 Å². The van der Waals surface area contributed by atoms with Crippen molar-refractivity contribution in [2.75, 3.05) is 0 Å². The Hall–Kier alpha value is -2.76. The predicted octanol–water partition coefficient (Wildman–Crippen LogP) is 1.55. The van der Waals surface area contributed by atoms with Crippen molar-refractivity contribution in [1.29, 1.82) is 0 Å². The minimum atomic E-state index is -0.765. The molecule has 0 spiro atoms. The van der Waals surface area contributed by atoms with Gasteiger partial charge >= 0.3 is 0 Å². The van der Waals surface area contributed by atoms with E-state index in [-0.39, 0.29) is 23.3 Å². The second-order valence-corrected chi connectivity index (χ2v) is 5.95. The molecule has 1 aliphatic rings. The van der Waals surface area contributed by atoms with Gasteiger partial charge in [0.05, 0.1) is 6.04 Å². The molecule has 0 saturated carbocycles. The zero-order chi connectivity index (χ0) is 16.6. The Kier molecular flexibility index (Phi) is 3.82. The Morgan fingerprint density at radius 3 is 2.61 bits per heavy atom. The molecule has 0 unspecified atom stereocenters. The summed E-state index contributed by atoms with van der Waals surface area (Å²) in [6.07, 6.45) is 3.62. The third-order valence-electron chi connectivity index (χ3n) is 4.18. The monoisotopic (exact) mass is 310 g/mol. The molecule has 118 valence electrons. The fourth-order valence-electron chi connectivity index (χ4n) is 3.08. The molecule has 1 heterocycles. The van der Waals surface area contributed by atoms with Gasteiger partial charge in [0.1, 0.15) is 0 Å². The molecule has 2 aromatic rings. The first-order valence-electron chi connectivity index (χ1n) is 7.48. The van der Waals surface area contributed by atoms with Gasteiger partial charge in [-0.1, -0.05) is 30.7 Å². The number of nitrogens with two attached hydrogens (primary N) is 1. The summed E-state index contributed by atoms with van der Waals surface area (Å²) in [5.41, 5.74) is 8.62. The molecule has 0 saturated heterocycles. The first-order chi connectivity index (χ1) is 11.0. The normalized spacial score (nSPS) is 19.2. The maximum Gasteiger partial charge on any atom is 0.272 e. The van der Waals surface area contributed by atoms with Crippen LogP contribution in [0.1, 0.15) is 50.6 Å². The van der Waals surface area contributed by atoms with Crippen molar-refractivity contribution in [3.05, 3.63) is 58.7 Å². The van der Waals surface area contributed by atoms with E-state index in [1.807, 2.05) is 6.92 Å². The topological polar surface area (TPSA) is 98.0 Å². The lowest BCUT2D eigenvalue weighted by molar-refractivity contribution is 0.0906. The minimum Gasteiger partial charge on any atom is -0.364 e. The van der Waals surface area contributed by atoms with Crippen LogP contribution in [0.4, 0.5) is 0 Å². The van der Waals surface area contributed by atoms with Crippen LogP contribution in [0.5, 0.6) is 0 Å². The number of hydrogen-bond acceptors (Lipinski definition) is 4. The Balaban J connectivity index is 1.90. The van der Waals surface area contributed by atoms with Crippen LogP contribution in [-0.4, -0.2) is 21.8 Å². The van der Waals surface area contributed by atoms with Gasteiger partial charge in [0.15, 0.2) is 11.4 Å². The molecule has 0 bridgehead atoms. The van der Waals surface area contributed by atoms with Crippen LogP contribution in [0.3, 0.4) is 0 Å². The van der Waals surface area contributed by atoms with Crippen LogP contribution >= 0.6 is 0 Å². The fourth-order valence-corrected chi connectivity index (χ4v) is 3.08. The molecule has 6 heteroatoms. The van der Waals surface area contributed by atoms with E-state index in [0.717, 1.165) is 17.5 Å². The predicted molar refractivity (Wildman–Crippen MR) is 84.8 cm³/mol. The Morgan fingerprint density at radius 1 is 1.22 bits per heavy atom. The Morgan fingerprint density at radius 2 is 1.91 bits per heavy atom. The lowest BCUT2D eigenvalue weighted by Crippen LogP contribution is -2.33. The molecule has 0 aliphatic heterocycles. The fraction of sp³-hybridized carbons (Fsp3) is 0.294. The molecular formula is C17H18N4O2. The van der Waals surface area contributed by atoms with Crippen molar-refractivity contribution >= 4 is 11.8 Å². The first-order valence-corrected chi connectivity index (χ1v) is 7.48. The number of nitrogens with zero attached hydrogens (tertiary/aromatic N) is 2. The molecular weight excluding hydrogens is 292 g/mol. The van der Waals surface area contributed by atoms with Gasteiger partial charge < -0.3 is 11.1 Å². The lowest BCUT2D eigenvalue weighted by atomic mass is 10.0. The van der Waals surface area contributed by atoms with Gasteiger partial charge in [0.2, 0.25) is 0 Å². The zero-order valence-electron chi connectivity index (χ0n) is 13.0. The summed E-state index contributed by atoms with van der Waals surface area (Å²) in [5.74, 6) is -0.929. The van der Waals surface area contributed by atoms with Crippen molar-refractivity contribution in [1.82, 2.24) is 15.3 Å². The average molecular weight is 310 g/mol. The van der Waals surface area contributed by atoms with E-state index < -0.39 is 11.8 Å². The summed E-state index contributed by atoms with van der Waals surface area (Å²) in [5, 5.41) is 2.97. The quantitative estimate of drug-likeness (QED) is 0.898. The van der Waals surface area contributed by atoms with Gasteiger partial charge in [-0.25, -0.2) is 9.97 Å². The van der Waals surface area contributed by atoms with Crippen molar-refractivity contribution in [3.63, 3.8) is 0 Å². The smallest absolute Gasteiger partial charge is 0.272 e. The third kappa shape index (κ3) is 2.79. The van der Waals surface area contributed by atoms with E-state index in [1.165, 1.54) is 18.0 Å². The van der Waals surface area contributed by atoms with Crippen molar-refractivity contribution in [2.24, 2.45) is 11.7 Å². The molecule has 0 fully saturated rings. The number of amides is 2. The van der Waals surface area contributed by atoms with Gasteiger partial charge in [-0.05, 0) is 30.4 Å². The largest absolute Gasteiger partial charge is 0.364 e. The number of primary amides is 1. The molecule has 2 amide bonds. The zero-order valence-corrected chi connectivity index (χ0v) is 13.0. The minimum absolute atomic E-state index is 0.0340. The summed E-state index contributed by atoms with van der Waals surface area (Å²) in [6.45, 7) is 4.11. The second kappa shape index (κ2) is 5.79. The van der Waals surface area contributed by atoms with E-state index in [0.29, 0.717) is 0 Å². The number of hydrogen-bond donors (Lipinski definition) is 2. The summed E-state index contributed by atoms with van der Waals surface area (Å²) >= 11 is 0. The van der Waals surface area contributed by atoms with Gasteiger partial charge in [0, 0.05) is 12.4 Å². The summed E-state index contributed by atoms with van der Waals surface area (Å²) in [6, 6.07) is 6.16. The van der Waals surface area contributed by atoms with E-state index >= 15 is 0 Å². The number of rotatable bonds is 3. The molecule has 2 atom stereocenters. The SMILES string of the molecule is Cc1ccc2c(c1)[C@@H](NC(=O)c1nccnc1C(N)=O)[C@@H](C)C2. The number of carbonyl (C=O) groups excluding carboxylic acids is 2. The van der Waals surface area contributed by atoms with Gasteiger partial charge in [-0.3, -0.25) is 9.59 Å². The number of fused-ring (bicyclic) bond motifs is 1. The summed E-state index contributed by atoms with van der Waals surface area (Å²) in [7, 11) is 0. The Bertz CT molecular complexity index is 788. The highest BCUT2D eigenvalue weighted by Crippen LogP contribution is 2.36. The molecule has 3 N–H and O–H groups in total. The van der Waals surface area contributed by atoms with Gasteiger partial charge in [0.25, 0.3) is 11.8 Å². The first kappa shape index (κ1) is 15.1. The molecule has 1 aromatic carbocycles. The molecule has 23 heavy (non-hydrogen) atoms. The van der Waals surface area contributed by atoms with E-state index in [9.17, 15) is 9.59 Å². The van der Waals surface area contributed by atoms with E-state index in [1.54, 1.807) is 0 Å². The Labute approximate surface area is 134 Å². The van der Waals surface area contributed by atoms with Crippen LogP contribution in [0, 0.1) is 12.8 Å². The van der Waals surface area contributed by atoms with Gasteiger partial charge in [-0.2, -0.15) is 0 Å². The van der Waals surface area contributed by atoms with Crippen LogP contribution in [0.15, 0.2) is 30.6 Å². The highest BCUT2D eigenvalue weighted by molar-refractivity contribution is 6.04. The molecule has 1 aromatic heterocycles. The van der Waals surface area contributed by atoms with Crippen LogP contribution < -0.4 is 11.1 Å². The molecule has 1 aliphatic carbocycles. The number of nitrogens with one attached hydrogen (secondary N) is 1. The highest BCUT2D eigenvalue weighted by Gasteiger charge is 2.32. The summed E-state index contributed by atoms with van der Waals surface area (Å²) in [4.78, 5) is 31.8. The molecule has 0 radical (unpaired) electrons. The second-order valence-electron chi connectivity index (χ2n) is 5.95. The summed E-state index contributed by atoms with van der Waals surface area (Å²) < 4.78 is 0. The number of aromatic nitrogens is 2. The lowest BCUT2D eigenvalue weighted by Gasteiger charge is -2.19. The number of carbonyl (C=O) groups is 2. The van der Waals surface area contributed by atoms with Crippen LogP contribution in [0.25, 0.3) is 0 Å². The average Bonchev–Trinajstić information content (AvgIpc) is 2.83. The van der Waals surface area contributed by atoms with Crippen LogP contribution in [0.2, 0.25) is 0 Å². The standard InChI is InChI=1S/C17H18N4O2/c1-9-3-4-11-8-10(2)13(12(11)7-9)21-17(23)15-14(16(18)22)19-5-6-20-15/h3-7,10,13H,8H2,1-2H3,(H2,18,22)(H,21,23)/t10-,13-/m0/s1. The maximum absolute atomic E-state index is 12.5. The molecule has 3 rings (SSSR count). The maximum atomic E-state index is 12.5.